The lowest BCUT2D eigenvalue weighted by atomic mass is 10.1. The fraction of sp³-hybridized carbons (Fsp3) is 0.333. The van der Waals surface area contributed by atoms with Crippen molar-refractivity contribution in [3.05, 3.63) is 47.9 Å². The van der Waals surface area contributed by atoms with Gasteiger partial charge in [0.2, 0.25) is 0 Å². The fourth-order valence-electron chi connectivity index (χ4n) is 3.33. The van der Waals surface area contributed by atoms with Crippen molar-refractivity contribution in [3.8, 4) is 6.07 Å². The molecule has 7 nitrogen and oxygen atoms in total. The Morgan fingerprint density at radius 2 is 1.92 bits per heavy atom. The van der Waals surface area contributed by atoms with Crippen molar-refractivity contribution < 1.29 is 0 Å². The third kappa shape index (κ3) is 2.92. The molecule has 1 aliphatic heterocycles. The molecule has 0 atom stereocenters. The maximum absolute atomic E-state index is 9.24. The Balaban J connectivity index is 1.47. The first-order valence-corrected chi connectivity index (χ1v) is 8.34. The van der Waals surface area contributed by atoms with E-state index in [9.17, 15) is 5.26 Å². The summed E-state index contributed by atoms with van der Waals surface area (Å²) in [5, 5.41) is 14.5. The van der Waals surface area contributed by atoms with Crippen LogP contribution in [0, 0.1) is 11.3 Å². The second-order valence-corrected chi connectivity index (χ2v) is 6.23. The van der Waals surface area contributed by atoms with Crippen LogP contribution in [0.5, 0.6) is 0 Å². The maximum Gasteiger partial charge on any atom is 0.163 e. The molecule has 7 heteroatoms. The number of aryl methyl sites for hydroxylation is 1. The molecule has 0 unspecified atom stereocenters. The number of anilines is 1. The van der Waals surface area contributed by atoms with Gasteiger partial charge in [0.1, 0.15) is 12.1 Å². The predicted molar refractivity (Wildman–Crippen MR) is 95.0 cm³/mol. The zero-order valence-electron chi connectivity index (χ0n) is 14.1. The van der Waals surface area contributed by atoms with E-state index in [2.05, 4.69) is 30.9 Å². The molecule has 0 spiro atoms. The fourth-order valence-corrected chi connectivity index (χ4v) is 3.33. The monoisotopic (exact) mass is 333 g/mol. The third-order valence-corrected chi connectivity index (χ3v) is 4.71. The van der Waals surface area contributed by atoms with Crippen molar-refractivity contribution >= 4 is 16.9 Å². The lowest BCUT2D eigenvalue weighted by Crippen LogP contribution is -2.46. The van der Waals surface area contributed by atoms with Crippen molar-refractivity contribution in [2.24, 2.45) is 7.05 Å². The van der Waals surface area contributed by atoms with Gasteiger partial charge in [-0.25, -0.2) is 9.97 Å². The van der Waals surface area contributed by atoms with Gasteiger partial charge in [0.05, 0.1) is 23.2 Å². The van der Waals surface area contributed by atoms with Crippen LogP contribution in [-0.2, 0) is 13.6 Å². The minimum absolute atomic E-state index is 0.762. The quantitative estimate of drug-likeness (QED) is 0.724. The van der Waals surface area contributed by atoms with Crippen LogP contribution in [0.2, 0.25) is 0 Å². The summed E-state index contributed by atoms with van der Waals surface area (Å²) in [5.41, 5.74) is 2.71. The number of rotatable bonds is 3. The highest BCUT2D eigenvalue weighted by molar-refractivity contribution is 5.86. The molecule has 126 valence electrons. The van der Waals surface area contributed by atoms with E-state index < -0.39 is 0 Å². The predicted octanol–water partition coefficient (Wildman–Crippen LogP) is 1.56. The molecule has 0 radical (unpaired) electrons. The van der Waals surface area contributed by atoms with Gasteiger partial charge in [-0.15, -0.1) is 0 Å². The second-order valence-electron chi connectivity index (χ2n) is 6.23. The van der Waals surface area contributed by atoms with E-state index in [1.54, 1.807) is 11.0 Å². The smallest absolute Gasteiger partial charge is 0.163 e. The van der Waals surface area contributed by atoms with Gasteiger partial charge >= 0.3 is 0 Å². The zero-order valence-corrected chi connectivity index (χ0v) is 14.1. The van der Waals surface area contributed by atoms with Crippen LogP contribution in [0.1, 0.15) is 11.1 Å². The topological polar surface area (TPSA) is 73.9 Å². The van der Waals surface area contributed by atoms with Crippen LogP contribution < -0.4 is 4.90 Å². The second kappa shape index (κ2) is 6.49. The van der Waals surface area contributed by atoms with Gasteiger partial charge in [0.25, 0.3) is 0 Å². The van der Waals surface area contributed by atoms with Crippen LogP contribution in [0.4, 0.5) is 5.82 Å². The number of nitriles is 1. The molecule has 25 heavy (non-hydrogen) atoms. The highest BCUT2D eigenvalue weighted by atomic mass is 15.3. The molecule has 1 aromatic carbocycles. The van der Waals surface area contributed by atoms with E-state index in [1.807, 2.05) is 37.5 Å². The number of nitrogens with zero attached hydrogens (tertiary/aromatic N) is 7. The molecule has 4 rings (SSSR count). The van der Waals surface area contributed by atoms with Crippen LogP contribution in [0.25, 0.3) is 11.0 Å². The average Bonchev–Trinajstić information content (AvgIpc) is 3.04. The number of piperazine rings is 1. The van der Waals surface area contributed by atoms with Gasteiger partial charge in [0.15, 0.2) is 5.65 Å². The minimum Gasteiger partial charge on any atom is -0.353 e. The molecule has 1 saturated heterocycles. The van der Waals surface area contributed by atoms with Gasteiger partial charge in [0, 0.05) is 39.8 Å². The minimum atomic E-state index is 0.762. The number of fused-ring (bicyclic) bond motifs is 1. The van der Waals surface area contributed by atoms with Crippen molar-refractivity contribution in [1.82, 2.24) is 24.6 Å². The van der Waals surface area contributed by atoms with Gasteiger partial charge in [-0.2, -0.15) is 10.4 Å². The van der Waals surface area contributed by atoms with Crippen molar-refractivity contribution in [2.45, 2.75) is 6.54 Å². The summed E-state index contributed by atoms with van der Waals surface area (Å²) in [6, 6.07) is 10.1. The zero-order chi connectivity index (χ0) is 17.2. The van der Waals surface area contributed by atoms with Gasteiger partial charge in [-0.1, -0.05) is 18.2 Å². The number of benzene rings is 1. The lowest BCUT2D eigenvalue weighted by molar-refractivity contribution is 0.249. The highest BCUT2D eigenvalue weighted by Gasteiger charge is 2.21. The average molecular weight is 333 g/mol. The highest BCUT2D eigenvalue weighted by Crippen LogP contribution is 2.23. The van der Waals surface area contributed by atoms with E-state index in [1.165, 1.54) is 0 Å². The van der Waals surface area contributed by atoms with Crippen LogP contribution in [-0.4, -0.2) is 50.8 Å². The van der Waals surface area contributed by atoms with E-state index in [0.717, 1.165) is 60.7 Å². The molecular formula is C18H19N7. The Bertz CT molecular complexity index is 932. The molecule has 0 N–H and O–H groups in total. The summed E-state index contributed by atoms with van der Waals surface area (Å²) in [6.07, 6.45) is 3.44. The van der Waals surface area contributed by atoms with Gasteiger partial charge in [-0.05, 0) is 11.6 Å². The summed E-state index contributed by atoms with van der Waals surface area (Å²) >= 11 is 0. The normalized spacial score (nSPS) is 15.4. The van der Waals surface area contributed by atoms with Crippen LogP contribution in [0.3, 0.4) is 0 Å². The molecule has 0 amide bonds. The molecule has 3 aromatic rings. The Kier molecular flexibility index (Phi) is 4.04. The SMILES string of the molecule is Cn1ncc2c(N3CCN(Cc4ccccc4C#N)CC3)ncnc21. The summed E-state index contributed by atoms with van der Waals surface area (Å²) in [4.78, 5) is 13.5. The lowest BCUT2D eigenvalue weighted by Gasteiger charge is -2.35. The first kappa shape index (κ1) is 15.5. The van der Waals surface area contributed by atoms with Crippen LogP contribution >= 0.6 is 0 Å². The first-order valence-electron chi connectivity index (χ1n) is 8.34. The Labute approximate surface area is 146 Å². The number of aromatic nitrogens is 4. The van der Waals surface area contributed by atoms with Crippen molar-refractivity contribution in [1.29, 1.82) is 5.26 Å². The largest absolute Gasteiger partial charge is 0.353 e. The standard InChI is InChI=1S/C18H19N7/c1-23-17-16(11-22-23)18(21-13-20-17)25-8-6-24(7-9-25)12-15-5-3-2-4-14(15)10-19/h2-5,11,13H,6-9,12H2,1H3. The number of hydrogen-bond donors (Lipinski definition) is 0. The summed E-state index contributed by atoms with van der Waals surface area (Å²) in [5.74, 6) is 0.954. The van der Waals surface area contributed by atoms with Crippen molar-refractivity contribution in [3.63, 3.8) is 0 Å². The molecule has 1 fully saturated rings. The summed E-state index contributed by atoms with van der Waals surface area (Å²) < 4.78 is 1.77. The molecule has 3 heterocycles. The van der Waals surface area contributed by atoms with Gasteiger partial charge < -0.3 is 4.90 Å². The van der Waals surface area contributed by atoms with E-state index in [0.29, 0.717) is 0 Å². The maximum atomic E-state index is 9.24. The molecule has 0 saturated carbocycles. The number of hydrogen-bond acceptors (Lipinski definition) is 6. The molecule has 2 aromatic heterocycles. The Morgan fingerprint density at radius 3 is 2.72 bits per heavy atom. The van der Waals surface area contributed by atoms with Crippen LogP contribution in [0.15, 0.2) is 36.8 Å². The van der Waals surface area contributed by atoms with Crippen molar-refractivity contribution in [2.75, 3.05) is 31.1 Å². The molecular weight excluding hydrogens is 314 g/mol. The van der Waals surface area contributed by atoms with E-state index in [4.69, 9.17) is 0 Å². The third-order valence-electron chi connectivity index (χ3n) is 4.71. The Morgan fingerprint density at radius 1 is 1.12 bits per heavy atom. The molecule has 1 aliphatic rings. The van der Waals surface area contributed by atoms with Gasteiger partial charge in [-0.3, -0.25) is 9.58 Å². The molecule has 0 bridgehead atoms. The Hall–Kier alpha value is -2.98. The molecule has 0 aliphatic carbocycles. The first-order chi connectivity index (χ1) is 12.3. The van der Waals surface area contributed by atoms with E-state index in [-0.39, 0.29) is 0 Å². The summed E-state index contributed by atoms with van der Waals surface area (Å²) in [6.45, 7) is 4.48. The van der Waals surface area contributed by atoms with E-state index >= 15 is 0 Å². The summed E-state index contributed by atoms with van der Waals surface area (Å²) in [7, 11) is 1.89.